The lowest BCUT2D eigenvalue weighted by Gasteiger charge is -2.35. The van der Waals surface area contributed by atoms with Crippen LogP contribution in [0, 0.1) is 5.92 Å². The number of para-hydroxylation sites is 1. The summed E-state index contributed by atoms with van der Waals surface area (Å²) in [6, 6.07) is 11.4. The summed E-state index contributed by atoms with van der Waals surface area (Å²) in [5.41, 5.74) is 3.06. The van der Waals surface area contributed by atoms with Crippen molar-refractivity contribution in [2.45, 2.75) is 51.6 Å². The van der Waals surface area contributed by atoms with E-state index in [-0.39, 0.29) is 36.4 Å². The van der Waals surface area contributed by atoms with E-state index >= 15 is 0 Å². The van der Waals surface area contributed by atoms with Crippen LogP contribution in [-0.2, 0) is 22.4 Å². The van der Waals surface area contributed by atoms with E-state index in [1.807, 2.05) is 11.0 Å². The van der Waals surface area contributed by atoms with Crippen LogP contribution in [0.25, 0.3) is 0 Å². The van der Waals surface area contributed by atoms with Gasteiger partial charge in [-0.2, -0.15) is 0 Å². The first-order valence-electron chi connectivity index (χ1n) is 12.5. The normalized spacial score (nSPS) is 23.6. The van der Waals surface area contributed by atoms with E-state index in [0.29, 0.717) is 43.1 Å². The Balaban J connectivity index is 1.31. The number of benzene rings is 2. The predicted octanol–water partition coefficient (Wildman–Crippen LogP) is 3.81. The van der Waals surface area contributed by atoms with E-state index in [0.717, 1.165) is 29.7 Å². The lowest BCUT2D eigenvalue weighted by Crippen LogP contribution is -2.46. The van der Waals surface area contributed by atoms with Crippen molar-refractivity contribution in [2.75, 3.05) is 31.6 Å². The summed E-state index contributed by atoms with van der Waals surface area (Å²) in [4.78, 5) is 43.1. The highest BCUT2D eigenvalue weighted by atomic mass is 16.5. The first-order valence-corrected chi connectivity index (χ1v) is 12.5. The molecule has 0 aromatic heterocycles. The van der Waals surface area contributed by atoms with Gasteiger partial charge in [-0.15, -0.1) is 0 Å². The van der Waals surface area contributed by atoms with Crippen molar-refractivity contribution in [1.82, 2.24) is 4.90 Å². The second-order valence-corrected chi connectivity index (χ2v) is 9.79. The van der Waals surface area contributed by atoms with E-state index < -0.39 is 5.60 Å². The van der Waals surface area contributed by atoms with Crippen molar-refractivity contribution >= 4 is 23.3 Å². The van der Waals surface area contributed by atoms with Gasteiger partial charge in [0.05, 0.1) is 31.6 Å². The number of nitrogens with zero attached hydrogens (tertiary/aromatic N) is 2. The summed E-state index contributed by atoms with van der Waals surface area (Å²) in [6.07, 6.45) is 2.71. The van der Waals surface area contributed by atoms with Gasteiger partial charge < -0.3 is 19.3 Å². The van der Waals surface area contributed by atoms with Crippen LogP contribution in [0.3, 0.4) is 0 Å². The average molecular weight is 477 g/mol. The zero-order chi connectivity index (χ0) is 24.7. The number of aryl methyl sites for hydroxylation is 2. The molecule has 2 fully saturated rings. The number of methoxy groups -OCH3 is 1. The number of likely N-dealkylation sites (tertiary alicyclic amines) is 1. The lowest BCUT2D eigenvalue weighted by atomic mass is 9.89. The number of Topliss-reactive ketones (excluding diaryl/α,β-unsaturated/α-hetero) is 1. The number of carbonyl (C=O) groups is 3. The van der Waals surface area contributed by atoms with Gasteiger partial charge in [0.1, 0.15) is 17.1 Å². The topological polar surface area (TPSA) is 76.2 Å². The molecule has 1 spiro atoms. The monoisotopic (exact) mass is 476 g/mol. The van der Waals surface area contributed by atoms with Gasteiger partial charge in [0.2, 0.25) is 11.8 Å². The van der Waals surface area contributed by atoms with Crippen molar-refractivity contribution in [1.29, 1.82) is 0 Å². The van der Waals surface area contributed by atoms with Crippen LogP contribution in [0.4, 0.5) is 5.69 Å². The van der Waals surface area contributed by atoms with Gasteiger partial charge in [0, 0.05) is 31.6 Å². The summed E-state index contributed by atoms with van der Waals surface area (Å²) >= 11 is 0. The molecule has 0 bridgehead atoms. The van der Waals surface area contributed by atoms with E-state index in [4.69, 9.17) is 9.47 Å². The third-order valence-corrected chi connectivity index (χ3v) is 7.63. The number of rotatable bonds is 5. The standard InChI is InChI=1S/C28H32N2O5/c1-4-18-7-6-8-19(5-2)26(18)30-16-20(13-25(30)32)27(33)29-12-11-28(17-29)15-23(31)22-14-21(34-3)9-10-24(22)35-28/h6-10,14,20H,4-5,11-13,15-17H2,1-3H3. The van der Waals surface area contributed by atoms with Crippen LogP contribution in [0.15, 0.2) is 36.4 Å². The van der Waals surface area contributed by atoms with Gasteiger partial charge in [-0.05, 0) is 42.2 Å². The summed E-state index contributed by atoms with van der Waals surface area (Å²) in [5.74, 6) is 0.752. The number of anilines is 1. The summed E-state index contributed by atoms with van der Waals surface area (Å²) in [5, 5.41) is 0. The Hall–Kier alpha value is -3.35. The third-order valence-electron chi connectivity index (χ3n) is 7.63. The first kappa shape index (κ1) is 23.4. The lowest BCUT2D eigenvalue weighted by molar-refractivity contribution is -0.135. The molecule has 0 radical (unpaired) electrons. The number of ether oxygens (including phenoxy) is 2. The predicted molar refractivity (Wildman–Crippen MR) is 132 cm³/mol. The molecule has 0 aliphatic carbocycles. The molecule has 35 heavy (non-hydrogen) atoms. The Kier molecular flexibility index (Phi) is 6.03. The highest BCUT2D eigenvalue weighted by molar-refractivity contribution is 6.02. The van der Waals surface area contributed by atoms with Gasteiger partial charge in [-0.1, -0.05) is 32.0 Å². The SMILES string of the molecule is CCc1cccc(CC)c1N1CC(C(=O)N2CCC3(CC(=O)c4cc(OC)ccc4O3)C2)CC1=O. The summed E-state index contributed by atoms with van der Waals surface area (Å²) < 4.78 is 11.6. The van der Waals surface area contributed by atoms with Crippen molar-refractivity contribution in [3.8, 4) is 11.5 Å². The molecule has 2 atom stereocenters. The Morgan fingerprint density at radius 1 is 1.14 bits per heavy atom. The molecular formula is C28H32N2O5. The highest BCUT2D eigenvalue weighted by Gasteiger charge is 2.49. The maximum absolute atomic E-state index is 13.5. The smallest absolute Gasteiger partial charge is 0.228 e. The Bertz CT molecular complexity index is 1170. The molecule has 3 heterocycles. The summed E-state index contributed by atoms with van der Waals surface area (Å²) in [7, 11) is 1.57. The van der Waals surface area contributed by atoms with E-state index in [1.165, 1.54) is 0 Å². The number of hydrogen-bond donors (Lipinski definition) is 0. The van der Waals surface area contributed by atoms with Crippen molar-refractivity contribution < 1.29 is 23.9 Å². The van der Waals surface area contributed by atoms with Crippen LogP contribution < -0.4 is 14.4 Å². The third kappa shape index (κ3) is 4.07. The molecule has 3 aliphatic rings. The molecule has 2 saturated heterocycles. The number of ketones is 1. The van der Waals surface area contributed by atoms with Crippen molar-refractivity contribution in [3.63, 3.8) is 0 Å². The van der Waals surface area contributed by atoms with Crippen LogP contribution in [0.5, 0.6) is 11.5 Å². The molecule has 2 unspecified atom stereocenters. The Morgan fingerprint density at radius 2 is 1.89 bits per heavy atom. The molecule has 2 amide bonds. The second-order valence-electron chi connectivity index (χ2n) is 9.79. The van der Waals surface area contributed by atoms with Gasteiger partial charge >= 0.3 is 0 Å². The molecule has 0 N–H and O–H groups in total. The Morgan fingerprint density at radius 3 is 2.57 bits per heavy atom. The second kappa shape index (κ2) is 9.02. The Labute approximate surface area is 206 Å². The maximum atomic E-state index is 13.5. The first-order chi connectivity index (χ1) is 16.9. The zero-order valence-electron chi connectivity index (χ0n) is 20.6. The van der Waals surface area contributed by atoms with E-state index in [1.54, 1.807) is 30.2 Å². The fourth-order valence-corrected chi connectivity index (χ4v) is 5.77. The van der Waals surface area contributed by atoms with Gasteiger partial charge in [0.15, 0.2) is 5.78 Å². The zero-order valence-corrected chi connectivity index (χ0v) is 20.6. The average Bonchev–Trinajstić information content (AvgIpc) is 3.46. The molecular weight excluding hydrogens is 444 g/mol. The van der Waals surface area contributed by atoms with Gasteiger partial charge in [0.25, 0.3) is 0 Å². The molecule has 7 nitrogen and oxygen atoms in total. The van der Waals surface area contributed by atoms with Crippen molar-refractivity contribution in [2.24, 2.45) is 5.92 Å². The summed E-state index contributed by atoms with van der Waals surface area (Å²) in [6.45, 7) is 5.46. The molecule has 0 saturated carbocycles. The van der Waals surface area contributed by atoms with Crippen LogP contribution in [-0.4, -0.2) is 54.8 Å². The van der Waals surface area contributed by atoms with Crippen LogP contribution in [0.1, 0.15) is 54.6 Å². The molecule has 5 rings (SSSR count). The van der Waals surface area contributed by atoms with Gasteiger partial charge in [-0.25, -0.2) is 0 Å². The number of fused-ring (bicyclic) bond motifs is 1. The fraction of sp³-hybridized carbons (Fsp3) is 0.464. The van der Waals surface area contributed by atoms with Crippen LogP contribution in [0.2, 0.25) is 0 Å². The van der Waals surface area contributed by atoms with E-state index in [2.05, 4.69) is 26.0 Å². The molecule has 7 heteroatoms. The quantitative estimate of drug-likeness (QED) is 0.656. The number of amides is 2. The molecule has 2 aromatic carbocycles. The largest absolute Gasteiger partial charge is 0.497 e. The minimum absolute atomic E-state index is 0.000158. The highest BCUT2D eigenvalue weighted by Crippen LogP contribution is 2.41. The van der Waals surface area contributed by atoms with Crippen LogP contribution >= 0.6 is 0 Å². The minimum Gasteiger partial charge on any atom is -0.497 e. The number of carbonyl (C=O) groups excluding carboxylic acids is 3. The minimum atomic E-state index is -0.708. The van der Waals surface area contributed by atoms with Gasteiger partial charge in [-0.3, -0.25) is 14.4 Å². The van der Waals surface area contributed by atoms with Crippen molar-refractivity contribution in [3.05, 3.63) is 53.1 Å². The molecule has 3 aliphatic heterocycles. The molecule has 184 valence electrons. The van der Waals surface area contributed by atoms with E-state index in [9.17, 15) is 14.4 Å². The fourth-order valence-electron chi connectivity index (χ4n) is 5.77. The number of hydrogen-bond acceptors (Lipinski definition) is 5. The molecule has 2 aromatic rings. The maximum Gasteiger partial charge on any atom is 0.228 e.